The minimum atomic E-state index is 0.292. The summed E-state index contributed by atoms with van der Waals surface area (Å²) in [7, 11) is 0. The molecular formula is C14H20O. The van der Waals surface area contributed by atoms with E-state index in [4.69, 9.17) is 6.42 Å². The number of fused-ring (bicyclic) bond motifs is 1. The summed E-state index contributed by atoms with van der Waals surface area (Å²) in [6.45, 7) is 0. The Morgan fingerprint density at radius 1 is 1.13 bits per heavy atom. The van der Waals surface area contributed by atoms with Crippen LogP contribution in [0.25, 0.3) is 0 Å². The fourth-order valence-electron chi connectivity index (χ4n) is 3.41. The molecule has 2 saturated carbocycles. The Morgan fingerprint density at radius 2 is 1.87 bits per heavy atom. The summed E-state index contributed by atoms with van der Waals surface area (Å²) in [5.74, 6) is 4.86. The standard InChI is InChI=1S/C14H20O/c1-2-5-14(15)13-9-8-11-6-3-4-7-12(11)10-13/h1,11-13H,3-10H2. The molecular weight excluding hydrogens is 184 g/mol. The SMILES string of the molecule is C#CCC(=O)C1CCC2CCCCC2C1. The van der Waals surface area contributed by atoms with Crippen molar-refractivity contribution in [3.63, 3.8) is 0 Å². The lowest BCUT2D eigenvalue weighted by Crippen LogP contribution is -2.31. The summed E-state index contributed by atoms with van der Waals surface area (Å²) < 4.78 is 0. The third-order valence-electron chi connectivity index (χ3n) is 4.27. The van der Waals surface area contributed by atoms with E-state index in [0.29, 0.717) is 18.1 Å². The highest BCUT2D eigenvalue weighted by atomic mass is 16.1. The van der Waals surface area contributed by atoms with Gasteiger partial charge in [0, 0.05) is 5.92 Å². The van der Waals surface area contributed by atoms with Gasteiger partial charge >= 0.3 is 0 Å². The van der Waals surface area contributed by atoms with Crippen molar-refractivity contribution in [1.29, 1.82) is 0 Å². The third-order valence-corrected chi connectivity index (χ3v) is 4.27. The maximum atomic E-state index is 11.7. The van der Waals surface area contributed by atoms with Crippen molar-refractivity contribution in [2.24, 2.45) is 17.8 Å². The predicted molar refractivity (Wildman–Crippen MR) is 61.2 cm³/mol. The molecule has 2 aliphatic rings. The van der Waals surface area contributed by atoms with Crippen molar-refractivity contribution in [2.45, 2.75) is 51.4 Å². The summed E-state index contributed by atoms with van der Waals surface area (Å²) in [6.07, 6.45) is 14.6. The predicted octanol–water partition coefficient (Wildman–Crippen LogP) is 3.19. The Morgan fingerprint density at radius 3 is 2.60 bits per heavy atom. The third kappa shape index (κ3) is 2.43. The van der Waals surface area contributed by atoms with Gasteiger partial charge in [-0.25, -0.2) is 0 Å². The van der Waals surface area contributed by atoms with Gasteiger partial charge in [-0.1, -0.05) is 31.6 Å². The van der Waals surface area contributed by atoms with E-state index in [1.165, 1.54) is 32.1 Å². The van der Waals surface area contributed by atoms with E-state index in [9.17, 15) is 4.79 Å². The van der Waals surface area contributed by atoms with Crippen LogP contribution in [0, 0.1) is 30.1 Å². The molecule has 2 rings (SSSR count). The van der Waals surface area contributed by atoms with Crippen LogP contribution in [-0.2, 0) is 4.79 Å². The van der Waals surface area contributed by atoms with Crippen molar-refractivity contribution in [2.75, 3.05) is 0 Å². The lowest BCUT2D eigenvalue weighted by Gasteiger charge is -2.38. The monoisotopic (exact) mass is 204 g/mol. The largest absolute Gasteiger partial charge is 0.298 e. The van der Waals surface area contributed by atoms with Crippen LogP contribution < -0.4 is 0 Å². The minimum absolute atomic E-state index is 0.292. The fraction of sp³-hybridized carbons (Fsp3) is 0.786. The molecule has 15 heavy (non-hydrogen) atoms. The lowest BCUT2D eigenvalue weighted by molar-refractivity contribution is -0.124. The summed E-state index contributed by atoms with van der Waals surface area (Å²) >= 11 is 0. The van der Waals surface area contributed by atoms with Crippen LogP contribution in [0.5, 0.6) is 0 Å². The molecule has 82 valence electrons. The van der Waals surface area contributed by atoms with Gasteiger partial charge in [0.2, 0.25) is 0 Å². The molecule has 1 nitrogen and oxygen atoms in total. The number of carbonyl (C=O) groups excluding carboxylic acids is 1. The highest BCUT2D eigenvalue weighted by Crippen LogP contribution is 2.42. The average Bonchev–Trinajstić information content (AvgIpc) is 2.29. The second-order valence-corrected chi connectivity index (χ2v) is 5.16. The number of rotatable bonds is 2. The highest BCUT2D eigenvalue weighted by molar-refractivity contribution is 5.83. The summed E-state index contributed by atoms with van der Waals surface area (Å²) in [4.78, 5) is 11.7. The van der Waals surface area contributed by atoms with Gasteiger partial charge in [-0.2, -0.15) is 0 Å². The van der Waals surface area contributed by atoms with E-state index >= 15 is 0 Å². The number of terminal acetylenes is 1. The van der Waals surface area contributed by atoms with Crippen LogP contribution in [0.3, 0.4) is 0 Å². The second-order valence-electron chi connectivity index (χ2n) is 5.16. The molecule has 0 heterocycles. The van der Waals surface area contributed by atoms with Crippen LogP contribution in [-0.4, -0.2) is 5.78 Å². The lowest BCUT2D eigenvalue weighted by atomic mass is 9.66. The van der Waals surface area contributed by atoms with Gasteiger partial charge in [-0.05, 0) is 31.1 Å². The van der Waals surface area contributed by atoms with Gasteiger partial charge in [0.05, 0.1) is 6.42 Å². The molecule has 0 aliphatic heterocycles. The molecule has 3 atom stereocenters. The summed E-state index contributed by atoms with van der Waals surface area (Å²) in [6, 6.07) is 0. The zero-order valence-corrected chi connectivity index (χ0v) is 9.37. The first-order valence-corrected chi connectivity index (χ1v) is 6.27. The van der Waals surface area contributed by atoms with Gasteiger partial charge in [0.25, 0.3) is 0 Å². The number of carbonyl (C=O) groups is 1. The Labute approximate surface area is 92.6 Å². The van der Waals surface area contributed by atoms with Crippen molar-refractivity contribution in [3.8, 4) is 12.3 Å². The molecule has 3 unspecified atom stereocenters. The Balaban J connectivity index is 1.91. The molecule has 0 aromatic heterocycles. The van der Waals surface area contributed by atoms with Gasteiger partial charge in [-0.15, -0.1) is 6.42 Å². The highest BCUT2D eigenvalue weighted by Gasteiger charge is 2.34. The quantitative estimate of drug-likeness (QED) is 0.631. The Hall–Kier alpha value is -0.770. The molecule has 0 saturated heterocycles. The van der Waals surface area contributed by atoms with E-state index < -0.39 is 0 Å². The van der Waals surface area contributed by atoms with Gasteiger partial charge in [0.1, 0.15) is 5.78 Å². The van der Waals surface area contributed by atoms with Crippen LogP contribution in [0.15, 0.2) is 0 Å². The first-order chi connectivity index (χ1) is 7.31. The van der Waals surface area contributed by atoms with Crippen molar-refractivity contribution in [1.82, 2.24) is 0 Å². The van der Waals surface area contributed by atoms with E-state index in [1.807, 2.05) is 0 Å². The summed E-state index contributed by atoms with van der Waals surface area (Å²) in [5, 5.41) is 0. The molecule has 2 aliphatic carbocycles. The number of hydrogen-bond acceptors (Lipinski definition) is 1. The molecule has 1 heteroatoms. The zero-order chi connectivity index (χ0) is 10.7. The van der Waals surface area contributed by atoms with Crippen LogP contribution in [0.1, 0.15) is 51.4 Å². The molecule has 0 aromatic carbocycles. The maximum absolute atomic E-state index is 11.7. The average molecular weight is 204 g/mol. The van der Waals surface area contributed by atoms with Crippen molar-refractivity contribution >= 4 is 5.78 Å². The maximum Gasteiger partial charge on any atom is 0.147 e. The first kappa shape index (κ1) is 10.7. The number of ketones is 1. The van der Waals surface area contributed by atoms with Crippen LogP contribution >= 0.6 is 0 Å². The van der Waals surface area contributed by atoms with E-state index in [0.717, 1.165) is 24.7 Å². The number of hydrogen-bond donors (Lipinski definition) is 0. The molecule has 0 amide bonds. The van der Waals surface area contributed by atoms with E-state index in [1.54, 1.807) is 0 Å². The first-order valence-electron chi connectivity index (χ1n) is 6.27. The number of Topliss-reactive ketones (excluding diaryl/α,β-unsaturated/α-hetero) is 1. The van der Waals surface area contributed by atoms with Gasteiger partial charge in [-0.3, -0.25) is 4.79 Å². The normalized spacial score (nSPS) is 35.3. The molecule has 0 spiro atoms. The Kier molecular flexibility index (Phi) is 3.46. The zero-order valence-electron chi connectivity index (χ0n) is 9.37. The van der Waals surface area contributed by atoms with Crippen molar-refractivity contribution in [3.05, 3.63) is 0 Å². The van der Waals surface area contributed by atoms with E-state index in [2.05, 4.69) is 5.92 Å². The van der Waals surface area contributed by atoms with Crippen molar-refractivity contribution < 1.29 is 4.79 Å². The van der Waals surface area contributed by atoms with Gasteiger partial charge in [0.15, 0.2) is 0 Å². The molecule has 0 aromatic rings. The topological polar surface area (TPSA) is 17.1 Å². The molecule has 0 N–H and O–H groups in total. The van der Waals surface area contributed by atoms with Crippen LogP contribution in [0.4, 0.5) is 0 Å². The minimum Gasteiger partial charge on any atom is -0.298 e. The van der Waals surface area contributed by atoms with Gasteiger partial charge < -0.3 is 0 Å². The molecule has 0 bridgehead atoms. The fourth-order valence-corrected chi connectivity index (χ4v) is 3.41. The molecule has 2 fully saturated rings. The molecule has 0 radical (unpaired) electrons. The second kappa shape index (κ2) is 4.84. The Bertz CT molecular complexity index is 274. The smallest absolute Gasteiger partial charge is 0.147 e. The van der Waals surface area contributed by atoms with Crippen LogP contribution in [0.2, 0.25) is 0 Å². The van der Waals surface area contributed by atoms with E-state index in [-0.39, 0.29) is 0 Å². The summed E-state index contributed by atoms with van der Waals surface area (Å²) in [5.41, 5.74) is 0.